The average molecular weight is 553 g/mol. The van der Waals surface area contributed by atoms with Gasteiger partial charge in [-0.15, -0.1) is 0 Å². The zero-order valence-corrected chi connectivity index (χ0v) is 21.5. The molecule has 1 amide bonds. The number of Topliss-reactive ketones (excluding diaryl/α,β-unsaturated/α-hetero) is 2. The number of hydrogen-bond donors (Lipinski definition) is 6. The summed E-state index contributed by atoms with van der Waals surface area (Å²) in [6.07, 6.45) is -0.180. The number of fused-ring (bicyclic) bond motifs is 3. The number of phenolic OH excluding ortho intramolecular Hbond substituents is 1. The molecule has 0 unspecified atom stereocenters. The van der Waals surface area contributed by atoms with Crippen LogP contribution < -0.4 is 5.73 Å². The first-order chi connectivity index (χ1) is 18.3. The zero-order chi connectivity index (χ0) is 28.5. The molecule has 11 heteroatoms. The van der Waals surface area contributed by atoms with Crippen molar-refractivity contribution in [2.75, 3.05) is 14.1 Å². The number of primary amides is 1. The Labute approximate surface area is 227 Å². The van der Waals surface area contributed by atoms with Gasteiger partial charge < -0.3 is 31.3 Å². The molecule has 2 aromatic carbocycles. The first-order valence-electron chi connectivity index (χ1n) is 11.9. The quantitative estimate of drug-likeness (QED) is 0.309. The summed E-state index contributed by atoms with van der Waals surface area (Å²) in [5.41, 5.74) is 1.64. The average Bonchev–Trinajstić information content (AvgIpc) is 2.86. The number of halogens is 1. The SMILES string of the molecule is CN(C)[C@@H]1C(O)=C(C(N)=O)C(=O)[C@@]2(O)C(O)=C3C(=O)c4c(O)cccc4/C(=C\c4ccccc4Cl)[C@H]3[C@H](O)[C@@H]12. The number of aliphatic hydroxyl groups excluding tert-OH is 3. The lowest BCUT2D eigenvalue weighted by Gasteiger charge is -2.52. The van der Waals surface area contributed by atoms with E-state index >= 15 is 0 Å². The zero-order valence-electron chi connectivity index (χ0n) is 20.8. The lowest BCUT2D eigenvalue weighted by molar-refractivity contribution is -0.159. The van der Waals surface area contributed by atoms with Crippen molar-refractivity contribution < 1.29 is 39.9 Å². The van der Waals surface area contributed by atoms with Gasteiger partial charge in [-0.05, 0) is 49.0 Å². The van der Waals surface area contributed by atoms with E-state index < -0.39 is 75.5 Å². The summed E-state index contributed by atoms with van der Waals surface area (Å²) in [7, 11) is 2.94. The van der Waals surface area contributed by atoms with E-state index in [4.69, 9.17) is 17.3 Å². The number of carbonyl (C=O) groups excluding carboxylic acids is 3. The minimum Gasteiger partial charge on any atom is -0.510 e. The Hall–Kier alpha value is -3.96. The fourth-order valence-electron chi connectivity index (χ4n) is 6.08. The van der Waals surface area contributed by atoms with E-state index in [0.29, 0.717) is 10.6 Å². The highest BCUT2D eigenvalue weighted by molar-refractivity contribution is 6.32. The number of phenols is 1. The van der Waals surface area contributed by atoms with E-state index in [-0.39, 0.29) is 16.7 Å². The molecule has 0 spiro atoms. The van der Waals surface area contributed by atoms with Crippen molar-refractivity contribution in [3.63, 3.8) is 0 Å². The monoisotopic (exact) mass is 552 g/mol. The largest absolute Gasteiger partial charge is 0.510 e. The third-order valence-electron chi connectivity index (χ3n) is 7.75. The number of ketones is 2. The Kier molecular flexibility index (Phi) is 6.19. The number of benzene rings is 2. The molecule has 0 bridgehead atoms. The smallest absolute Gasteiger partial charge is 0.255 e. The highest BCUT2D eigenvalue weighted by Gasteiger charge is 2.67. The maximum Gasteiger partial charge on any atom is 0.255 e. The molecule has 0 aliphatic heterocycles. The summed E-state index contributed by atoms with van der Waals surface area (Å²) in [4.78, 5) is 40.8. The molecule has 202 valence electrons. The first-order valence-corrected chi connectivity index (χ1v) is 12.3. The van der Waals surface area contributed by atoms with Gasteiger partial charge in [0.1, 0.15) is 22.8 Å². The number of amides is 1. The molecule has 0 saturated carbocycles. The minimum atomic E-state index is -3.00. The number of hydrogen-bond acceptors (Lipinski definition) is 9. The third kappa shape index (κ3) is 3.56. The number of rotatable bonds is 3. The van der Waals surface area contributed by atoms with E-state index in [1.165, 1.54) is 31.1 Å². The number of aliphatic hydroxyl groups is 4. The van der Waals surface area contributed by atoms with Crippen molar-refractivity contribution in [2.24, 2.45) is 17.6 Å². The molecule has 5 atom stereocenters. The van der Waals surface area contributed by atoms with Gasteiger partial charge >= 0.3 is 0 Å². The Morgan fingerprint density at radius 1 is 1.08 bits per heavy atom. The van der Waals surface area contributed by atoms with Gasteiger partial charge in [0.15, 0.2) is 11.4 Å². The summed E-state index contributed by atoms with van der Waals surface area (Å²) < 4.78 is 0. The van der Waals surface area contributed by atoms with Crippen LogP contribution >= 0.6 is 11.6 Å². The van der Waals surface area contributed by atoms with E-state index in [9.17, 15) is 39.9 Å². The number of aromatic hydroxyl groups is 1. The third-order valence-corrected chi connectivity index (χ3v) is 8.09. The summed E-state index contributed by atoms with van der Waals surface area (Å²) >= 11 is 6.39. The number of carbonyl (C=O) groups is 3. The Bertz CT molecular complexity index is 1560. The number of nitrogens with zero attached hydrogens (tertiary/aromatic N) is 1. The number of nitrogens with two attached hydrogens (primary N) is 1. The fourth-order valence-corrected chi connectivity index (χ4v) is 6.27. The molecule has 39 heavy (non-hydrogen) atoms. The maximum atomic E-state index is 13.8. The van der Waals surface area contributed by atoms with Crippen LogP contribution in [0.5, 0.6) is 5.75 Å². The van der Waals surface area contributed by atoms with Crippen LogP contribution in [-0.2, 0) is 9.59 Å². The fraction of sp³-hybridized carbons (Fsp3) is 0.250. The van der Waals surface area contributed by atoms with Crippen LogP contribution in [0.15, 0.2) is 65.1 Å². The molecule has 3 aliphatic carbocycles. The predicted molar refractivity (Wildman–Crippen MR) is 141 cm³/mol. The summed E-state index contributed by atoms with van der Waals surface area (Å²) in [5.74, 6) is -9.02. The second-order valence-corrected chi connectivity index (χ2v) is 10.4. The van der Waals surface area contributed by atoms with Gasteiger partial charge in [0, 0.05) is 10.9 Å². The van der Waals surface area contributed by atoms with Crippen LogP contribution in [0.2, 0.25) is 5.02 Å². The molecule has 7 N–H and O–H groups in total. The van der Waals surface area contributed by atoms with Crippen LogP contribution in [0.1, 0.15) is 21.5 Å². The highest BCUT2D eigenvalue weighted by atomic mass is 35.5. The molecule has 3 aliphatic rings. The van der Waals surface area contributed by atoms with Crippen molar-refractivity contribution in [3.8, 4) is 5.75 Å². The highest BCUT2D eigenvalue weighted by Crippen LogP contribution is 2.55. The standard InChI is InChI=1S/C28H25ClN2O8/c1-31(2)21-20-23(34)17-13(10-11-6-3-4-8-14(11)29)12-7-5-9-15(32)16(12)22(33)18(17)25(36)28(20,39)26(37)19(24(21)35)27(30)38/h3-10,17,20-21,23,32,34-36,39H,1-2H3,(H2,30,38)/b13-10+/t17-,20-,21+,23+,28+/m1/s1. The molecule has 0 aromatic heterocycles. The van der Waals surface area contributed by atoms with E-state index in [0.717, 1.165) is 0 Å². The van der Waals surface area contributed by atoms with Crippen molar-refractivity contribution in [2.45, 2.75) is 17.7 Å². The van der Waals surface area contributed by atoms with Crippen molar-refractivity contribution in [1.82, 2.24) is 4.90 Å². The molecule has 0 heterocycles. The Morgan fingerprint density at radius 3 is 2.36 bits per heavy atom. The Morgan fingerprint density at radius 2 is 1.74 bits per heavy atom. The van der Waals surface area contributed by atoms with Crippen LogP contribution in [0, 0.1) is 11.8 Å². The van der Waals surface area contributed by atoms with Crippen LogP contribution in [0.3, 0.4) is 0 Å². The van der Waals surface area contributed by atoms with Gasteiger partial charge in [0.25, 0.3) is 5.91 Å². The van der Waals surface area contributed by atoms with Gasteiger partial charge in [-0.3, -0.25) is 19.3 Å². The minimum absolute atomic E-state index is 0.219. The topological polar surface area (TPSA) is 182 Å². The molecule has 0 fully saturated rings. The normalized spacial score (nSPS) is 29.4. The molecule has 0 saturated heterocycles. The van der Waals surface area contributed by atoms with Crippen molar-refractivity contribution >= 4 is 40.7 Å². The second-order valence-electron chi connectivity index (χ2n) is 10.0. The van der Waals surface area contributed by atoms with Crippen LogP contribution in [0.25, 0.3) is 11.6 Å². The van der Waals surface area contributed by atoms with Crippen LogP contribution in [0.4, 0.5) is 0 Å². The predicted octanol–water partition coefficient (Wildman–Crippen LogP) is 1.74. The van der Waals surface area contributed by atoms with Gasteiger partial charge in [0.05, 0.1) is 29.2 Å². The van der Waals surface area contributed by atoms with E-state index in [1.807, 2.05) is 0 Å². The molecular formula is C28H25ClN2O8. The van der Waals surface area contributed by atoms with Crippen LogP contribution in [-0.4, -0.2) is 79.7 Å². The second kappa shape index (κ2) is 9.06. The summed E-state index contributed by atoms with van der Waals surface area (Å²) in [6, 6.07) is 9.69. The molecule has 2 aromatic rings. The molecule has 5 rings (SSSR count). The van der Waals surface area contributed by atoms with Gasteiger partial charge in [-0.25, -0.2) is 0 Å². The van der Waals surface area contributed by atoms with Gasteiger partial charge in [0.2, 0.25) is 5.78 Å². The van der Waals surface area contributed by atoms with Gasteiger partial charge in [-0.2, -0.15) is 0 Å². The van der Waals surface area contributed by atoms with Crippen molar-refractivity contribution in [1.29, 1.82) is 0 Å². The molecular weight excluding hydrogens is 528 g/mol. The summed E-state index contributed by atoms with van der Waals surface area (Å²) in [6.45, 7) is 0. The molecule has 10 nitrogen and oxygen atoms in total. The Balaban J connectivity index is 1.88. The first kappa shape index (κ1) is 26.6. The van der Waals surface area contributed by atoms with E-state index in [1.54, 1.807) is 36.4 Å². The van der Waals surface area contributed by atoms with E-state index in [2.05, 4.69) is 0 Å². The number of likely N-dealkylation sites (N-methyl/N-ethyl adjacent to an activating group) is 1. The van der Waals surface area contributed by atoms with Gasteiger partial charge in [-0.1, -0.05) is 41.9 Å². The summed E-state index contributed by atoms with van der Waals surface area (Å²) in [5, 5.41) is 57.1. The maximum absolute atomic E-state index is 13.8. The lowest BCUT2D eigenvalue weighted by Crippen LogP contribution is -2.68. The lowest BCUT2D eigenvalue weighted by atomic mass is 9.56. The molecule has 0 radical (unpaired) electrons. The van der Waals surface area contributed by atoms with Crippen molar-refractivity contribution in [3.05, 3.63) is 86.8 Å².